The van der Waals surface area contributed by atoms with Gasteiger partial charge in [-0.15, -0.1) is 5.10 Å². The first-order valence-electron chi connectivity index (χ1n) is 12.4. The molecule has 11 nitrogen and oxygen atoms in total. The molecule has 196 valence electrons. The molecule has 1 saturated heterocycles. The van der Waals surface area contributed by atoms with E-state index >= 15 is 4.39 Å². The predicted octanol–water partition coefficient (Wildman–Crippen LogP) is 2.37. The van der Waals surface area contributed by atoms with Gasteiger partial charge in [-0.05, 0) is 30.9 Å². The second kappa shape index (κ2) is 9.58. The van der Waals surface area contributed by atoms with E-state index in [1.807, 2.05) is 18.7 Å². The molecule has 3 heterocycles. The largest absolute Gasteiger partial charge is 0.480 e. The van der Waals surface area contributed by atoms with Crippen LogP contribution in [0.25, 0.3) is 10.9 Å². The van der Waals surface area contributed by atoms with Crippen molar-refractivity contribution in [3.05, 3.63) is 51.8 Å². The van der Waals surface area contributed by atoms with Crippen LogP contribution >= 0.6 is 0 Å². The summed E-state index contributed by atoms with van der Waals surface area (Å²) in [5.74, 6) is -2.97. The zero-order valence-corrected chi connectivity index (χ0v) is 20.7. The summed E-state index contributed by atoms with van der Waals surface area (Å²) in [6.45, 7) is 6.48. The highest BCUT2D eigenvalue weighted by molar-refractivity contribution is 5.93. The average molecular weight is 513 g/mol. The Hall–Kier alpha value is -3.80. The monoisotopic (exact) mass is 512 g/mol. The number of aromatic nitrogens is 4. The minimum atomic E-state index is -1.32. The Morgan fingerprint density at radius 2 is 1.81 bits per heavy atom. The molecular weight excluding hydrogens is 483 g/mol. The van der Waals surface area contributed by atoms with Gasteiger partial charge in [0.05, 0.1) is 23.1 Å². The summed E-state index contributed by atoms with van der Waals surface area (Å²) < 4.78 is 18.4. The number of rotatable bonds is 8. The smallest absolute Gasteiger partial charge is 0.341 e. The van der Waals surface area contributed by atoms with E-state index in [2.05, 4.69) is 15.2 Å². The molecule has 2 aliphatic rings. The number of hydrogen-bond donors (Lipinski definition) is 2. The number of halogens is 1. The van der Waals surface area contributed by atoms with Crippen molar-refractivity contribution < 1.29 is 24.2 Å². The lowest BCUT2D eigenvalue weighted by atomic mass is 10.1. The second-order valence-corrected chi connectivity index (χ2v) is 10.1. The Morgan fingerprint density at radius 3 is 2.41 bits per heavy atom. The quantitative estimate of drug-likeness (QED) is 0.466. The fourth-order valence-electron chi connectivity index (χ4n) is 5.01. The summed E-state index contributed by atoms with van der Waals surface area (Å²) in [7, 11) is 0. The Morgan fingerprint density at radius 1 is 1.11 bits per heavy atom. The van der Waals surface area contributed by atoms with Crippen LogP contribution in [-0.4, -0.2) is 72.8 Å². The Bertz CT molecular complexity index is 1420. The van der Waals surface area contributed by atoms with Gasteiger partial charge in [0, 0.05) is 50.3 Å². The van der Waals surface area contributed by atoms with E-state index in [9.17, 15) is 24.6 Å². The molecule has 1 aliphatic carbocycles. The Balaban J connectivity index is 1.33. The minimum Gasteiger partial charge on any atom is -0.480 e. The number of piperazine rings is 1. The summed E-state index contributed by atoms with van der Waals surface area (Å²) >= 11 is 0. The van der Waals surface area contributed by atoms with E-state index in [0.29, 0.717) is 49.6 Å². The summed E-state index contributed by atoms with van der Waals surface area (Å²) in [5.41, 5.74) is 0.577. The lowest BCUT2D eigenvalue weighted by Crippen LogP contribution is -2.46. The van der Waals surface area contributed by atoms with Crippen LogP contribution in [0.2, 0.25) is 0 Å². The number of hydrogen-bond acceptors (Lipinski definition) is 7. The van der Waals surface area contributed by atoms with Crippen LogP contribution in [0, 0.1) is 11.7 Å². The van der Waals surface area contributed by atoms with Crippen LogP contribution in [0.15, 0.2) is 29.3 Å². The van der Waals surface area contributed by atoms with Crippen LogP contribution in [0.5, 0.6) is 0 Å². The fraction of sp³-hybridized carbons (Fsp3) is 0.480. The van der Waals surface area contributed by atoms with Crippen LogP contribution in [0.3, 0.4) is 0 Å². The first kappa shape index (κ1) is 24.9. The lowest BCUT2D eigenvalue weighted by Gasteiger charge is -2.36. The first-order valence-corrected chi connectivity index (χ1v) is 12.4. The number of carboxylic acid groups (broad SMARTS) is 2. The van der Waals surface area contributed by atoms with Crippen LogP contribution in [-0.2, 0) is 11.3 Å². The van der Waals surface area contributed by atoms with Gasteiger partial charge in [-0.3, -0.25) is 9.69 Å². The molecule has 2 N–H and O–H groups in total. The molecule has 5 rings (SSSR count). The molecule has 37 heavy (non-hydrogen) atoms. The average Bonchev–Trinajstić information content (AvgIpc) is 3.59. The maximum atomic E-state index is 15.2. The molecule has 2 fully saturated rings. The topological polar surface area (TPSA) is 134 Å². The van der Waals surface area contributed by atoms with E-state index in [4.69, 9.17) is 0 Å². The van der Waals surface area contributed by atoms with Gasteiger partial charge in [-0.2, -0.15) is 0 Å². The van der Waals surface area contributed by atoms with Gasteiger partial charge in [0.2, 0.25) is 5.43 Å². The number of benzene rings is 1. The number of pyridine rings is 1. The normalized spacial score (nSPS) is 17.5. The molecule has 2 aromatic heterocycles. The van der Waals surface area contributed by atoms with Crippen molar-refractivity contribution in [2.24, 2.45) is 5.92 Å². The van der Waals surface area contributed by atoms with E-state index in [-0.39, 0.29) is 22.9 Å². The number of nitrogens with zero attached hydrogens (tertiary/aromatic N) is 6. The van der Waals surface area contributed by atoms with E-state index < -0.39 is 29.2 Å². The van der Waals surface area contributed by atoms with Crippen LogP contribution in [0.4, 0.5) is 10.1 Å². The first-order chi connectivity index (χ1) is 17.6. The van der Waals surface area contributed by atoms with Crippen molar-refractivity contribution in [2.75, 3.05) is 31.1 Å². The maximum Gasteiger partial charge on any atom is 0.341 e. The predicted molar refractivity (Wildman–Crippen MR) is 132 cm³/mol. The maximum absolute atomic E-state index is 15.2. The number of carboxylic acids is 2. The third kappa shape index (κ3) is 4.80. The summed E-state index contributed by atoms with van der Waals surface area (Å²) in [6, 6.07) is 2.15. The number of carbonyl (C=O) groups is 2. The lowest BCUT2D eigenvalue weighted by molar-refractivity contribution is -0.142. The van der Waals surface area contributed by atoms with Crippen molar-refractivity contribution in [1.29, 1.82) is 0 Å². The molecular formula is C25H29FN6O5. The van der Waals surface area contributed by atoms with Gasteiger partial charge >= 0.3 is 11.9 Å². The molecule has 0 spiro atoms. The zero-order valence-electron chi connectivity index (χ0n) is 20.7. The Kier molecular flexibility index (Phi) is 6.44. The minimum absolute atomic E-state index is 0.0795. The van der Waals surface area contributed by atoms with Gasteiger partial charge < -0.3 is 19.7 Å². The third-order valence-corrected chi connectivity index (χ3v) is 7.10. The fourth-order valence-corrected chi connectivity index (χ4v) is 5.01. The molecule has 1 saturated carbocycles. The van der Waals surface area contributed by atoms with Crippen molar-refractivity contribution in [3.63, 3.8) is 0 Å². The van der Waals surface area contributed by atoms with Gasteiger partial charge in [0.15, 0.2) is 6.04 Å². The molecule has 1 aromatic carbocycles. The molecule has 1 aliphatic heterocycles. The molecule has 0 radical (unpaired) electrons. The SMILES string of the molecule is CC(C)[C@@H](C(=O)O)n1cc(CN2CCN(c3cc4c(cc3F)c(=O)c(C(=O)O)cn4C3CC3)CC2)nn1. The van der Waals surface area contributed by atoms with Crippen molar-refractivity contribution in [3.8, 4) is 0 Å². The van der Waals surface area contributed by atoms with E-state index in [1.165, 1.54) is 10.9 Å². The number of anilines is 1. The highest BCUT2D eigenvalue weighted by Crippen LogP contribution is 2.38. The van der Waals surface area contributed by atoms with Crippen molar-refractivity contribution in [1.82, 2.24) is 24.5 Å². The summed E-state index contributed by atoms with van der Waals surface area (Å²) in [6.07, 6.45) is 4.82. The van der Waals surface area contributed by atoms with Gasteiger partial charge in [0.25, 0.3) is 0 Å². The molecule has 3 aromatic rings. The summed E-state index contributed by atoms with van der Waals surface area (Å²) in [4.78, 5) is 39.9. The molecule has 0 amide bonds. The van der Waals surface area contributed by atoms with Crippen LogP contribution in [0.1, 0.15) is 54.8 Å². The zero-order chi connectivity index (χ0) is 26.4. The highest BCUT2D eigenvalue weighted by Gasteiger charge is 2.29. The molecule has 0 bridgehead atoms. The number of aliphatic carboxylic acids is 1. The van der Waals surface area contributed by atoms with Gasteiger partial charge in [-0.25, -0.2) is 18.7 Å². The molecule has 1 atom stereocenters. The molecule has 12 heteroatoms. The Labute approximate surface area is 211 Å². The number of fused-ring (bicyclic) bond motifs is 1. The van der Waals surface area contributed by atoms with E-state index in [1.54, 1.807) is 16.8 Å². The third-order valence-electron chi connectivity index (χ3n) is 7.10. The van der Waals surface area contributed by atoms with Gasteiger partial charge in [-0.1, -0.05) is 19.1 Å². The van der Waals surface area contributed by atoms with Crippen molar-refractivity contribution >= 4 is 28.5 Å². The summed E-state index contributed by atoms with van der Waals surface area (Å²) in [5, 5.41) is 27.1. The standard InChI is InChI=1S/C25H29FN6O5/c1-14(2)22(25(36)37)32-12-15(27-28-32)11-29-5-7-30(8-6-29)21-10-20-17(9-19(21)26)23(33)18(24(34)35)13-31(20)16-3-4-16/h9-10,12-14,16,22H,3-8,11H2,1-2H3,(H,34,35)(H,36,37)/t22-/m0/s1. The number of aromatic carboxylic acids is 1. The van der Waals surface area contributed by atoms with Crippen LogP contribution < -0.4 is 10.3 Å². The van der Waals surface area contributed by atoms with Crippen molar-refractivity contribution in [2.45, 2.75) is 45.3 Å². The second-order valence-electron chi connectivity index (χ2n) is 10.1. The highest BCUT2D eigenvalue weighted by atomic mass is 19.1. The molecule has 0 unspecified atom stereocenters. The van der Waals surface area contributed by atoms with E-state index in [0.717, 1.165) is 18.9 Å². The van der Waals surface area contributed by atoms with Gasteiger partial charge in [0.1, 0.15) is 11.4 Å².